The maximum atomic E-state index is 11.9. The van der Waals surface area contributed by atoms with E-state index in [0.717, 1.165) is 5.57 Å². The number of rotatable bonds is 4. The number of guanidine groups is 1. The molecule has 1 aromatic carbocycles. The van der Waals surface area contributed by atoms with Gasteiger partial charge in [0.15, 0.2) is 5.96 Å². The molecule has 0 unspecified atom stereocenters. The Labute approximate surface area is 131 Å². The largest absolute Gasteiger partial charge is 0.573 e. The minimum absolute atomic E-state index is 0. The second-order valence-corrected chi connectivity index (χ2v) is 3.86. The highest BCUT2D eigenvalue weighted by atomic mass is 127. The Bertz CT molecular complexity index is 472. The van der Waals surface area contributed by atoms with Crippen molar-refractivity contribution in [2.75, 3.05) is 11.9 Å². The van der Waals surface area contributed by atoms with Crippen LogP contribution < -0.4 is 15.8 Å². The number of hydrogen-bond acceptors (Lipinski definition) is 2. The molecule has 4 nitrogen and oxygen atoms in total. The molecule has 0 saturated heterocycles. The Hall–Kier alpha value is -1.45. The van der Waals surface area contributed by atoms with E-state index in [1.54, 1.807) is 6.92 Å². The van der Waals surface area contributed by atoms with Gasteiger partial charge in [-0.15, -0.1) is 37.1 Å². The monoisotopic (exact) mass is 401 g/mol. The Morgan fingerprint density at radius 2 is 1.90 bits per heavy atom. The lowest BCUT2D eigenvalue weighted by atomic mass is 10.3. The summed E-state index contributed by atoms with van der Waals surface area (Å²) >= 11 is 0. The van der Waals surface area contributed by atoms with E-state index in [2.05, 4.69) is 21.6 Å². The maximum absolute atomic E-state index is 11.9. The fourth-order valence-corrected chi connectivity index (χ4v) is 1.15. The van der Waals surface area contributed by atoms with Crippen LogP contribution in [-0.2, 0) is 0 Å². The maximum Gasteiger partial charge on any atom is 0.573 e. The van der Waals surface area contributed by atoms with E-state index in [4.69, 9.17) is 5.73 Å². The minimum Gasteiger partial charge on any atom is -0.406 e. The smallest absolute Gasteiger partial charge is 0.406 e. The molecule has 0 amide bonds. The Balaban J connectivity index is 0.00000361. The number of nitrogens with zero attached hydrogens (tertiary/aromatic N) is 1. The van der Waals surface area contributed by atoms with Gasteiger partial charge in [-0.25, -0.2) is 4.99 Å². The number of ether oxygens (including phenoxy) is 1. The molecule has 0 aliphatic heterocycles. The van der Waals surface area contributed by atoms with Crippen LogP contribution >= 0.6 is 24.0 Å². The van der Waals surface area contributed by atoms with Gasteiger partial charge in [-0.3, -0.25) is 0 Å². The van der Waals surface area contributed by atoms with E-state index in [1.807, 2.05) is 0 Å². The number of hydrogen-bond donors (Lipinski definition) is 2. The van der Waals surface area contributed by atoms with Gasteiger partial charge in [0.2, 0.25) is 0 Å². The van der Waals surface area contributed by atoms with Gasteiger partial charge in [0.1, 0.15) is 5.75 Å². The number of halogens is 4. The molecule has 0 heterocycles. The molecule has 20 heavy (non-hydrogen) atoms. The molecule has 0 spiro atoms. The summed E-state index contributed by atoms with van der Waals surface area (Å²) < 4.78 is 39.6. The Morgan fingerprint density at radius 3 is 2.35 bits per heavy atom. The molecule has 8 heteroatoms. The highest BCUT2D eigenvalue weighted by Crippen LogP contribution is 2.23. The molecule has 1 rings (SSSR count). The van der Waals surface area contributed by atoms with E-state index in [0.29, 0.717) is 12.2 Å². The molecule has 3 N–H and O–H groups in total. The number of nitrogens with two attached hydrogens (primary N) is 1. The fraction of sp³-hybridized carbons (Fsp3) is 0.250. The zero-order valence-corrected chi connectivity index (χ0v) is 13.0. The normalized spacial score (nSPS) is 11.5. The first-order valence-electron chi connectivity index (χ1n) is 5.33. The standard InChI is InChI=1S/C12H14F3N3O.HI/c1-8(2)7-17-11(16)18-9-3-5-10(6-4-9)19-12(13,14)15;/h3-6H,1,7H2,2H3,(H3,16,17,18);1H. The van der Waals surface area contributed by atoms with Gasteiger partial charge >= 0.3 is 6.36 Å². The number of benzene rings is 1. The van der Waals surface area contributed by atoms with E-state index in [9.17, 15) is 13.2 Å². The summed E-state index contributed by atoms with van der Waals surface area (Å²) in [5, 5.41) is 2.74. The first-order valence-corrected chi connectivity index (χ1v) is 5.33. The molecule has 0 atom stereocenters. The van der Waals surface area contributed by atoms with E-state index < -0.39 is 6.36 Å². The molecule has 112 valence electrons. The van der Waals surface area contributed by atoms with Crippen molar-refractivity contribution in [1.29, 1.82) is 0 Å². The van der Waals surface area contributed by atoms with Crippen LogP contribution in [0.15, 0.2) is 41.4 Å². The summed E-state index contributed by atoms with van der Waals surface area (Å²) in [6.07, 6.45) is -4.70. The first-order chi connectivity index (χ1) is 8.76. The lowest BCUT2D eigenvalue weighted by Gasteiger charge is -2.10. The molecule has 0 saturated carbocycles. The average molecular weight is 401 g/mol. The predicted octanol–water partition coefficient (Wildman–Crippen LogP) is 3.51. The second kappa shape index (κ2) is 7.98. The third kappa shape index (κ3) is 7.87. The molecule has 0 aromatic heterocycles. The molecular weight excluding hydrogens is 386 g/mol. The van der Waals surface area contributed by atoms with Crippen molar-refractivity contribution in [3.63, 3.8) is 0 Å². The van der Waals surface area contributed by atoms with Crippen molar-refractivity contribution < 1.29 is 17.9 Å². The van der Waals surface area contributed by atoms with Crippen molar-refractivity contribution in [1.82, 2.24) is 0 Å². The molecule has 0 bridgehead atoms. The predicted molar refractivity (Wildman–Crippen MR) is 83.5 cm³/mol. The van der Waals surface area contributed by atoms with E-state index in [1.165, 1.54) is 24.3 Å². The molecule has 0 aliphatic carbocycles. The minimum atomic E-state index is -4.70. The van der Waals surface area contributed by atoms with Gasteiger partial charge < -0.3 is 15.8 Å². The summed E-state index contributed by atoms with van der Waals surface area (Å²) in [6, 6.07) is 5.18. The van der Waals surface area contributed by atoms with Gasteiger partial charge in [-0.1, -0.05) is 12.2 Å². The Kier molecular flexibility index (Phi) is 7.40. The molecule has 1 aromatic rings. The summed E-state index contributed by atoms with van der Waals surface area (Å²) in [4.78, 5) is 3.97. The van der Waals surface area contributed by atoms with Gasteiger partial charge in [-0.2, -0.15) is 0 Å². The third-order valence-corrected chi connectivity index (χ3v) is 1.88. The number of nitrogens with one attached hydrogen (secondary N) is 1. The highest BCUT2D eigenvalue weighted by molar-refractivity contribution is 14.0. The van der Waals surface area contributed by atoms with Crippen LogP contribution in [-0.4, -0.2) is 18.9 Å². The van der Waals surface area contributed by atoms with Gasteiger partial charge in [0, 0.05) is 5.69 Å². The van der Waals surface area contributed by atoms with Crippen molar-refractivity contribution in [2.45, 2.75) is 13.3 Å². The van der Waals surface area contributed by atoms with Crippen LogP contribution in [0.3, 0.4) is 0 Å². The summed E-state index contributed by atoms with van der Waals surface area (Å²) in [7, 11) is 0. The molecule has 0 radical (unpaired) electrons. The fourth-order valence-electron chi connectivity index (χ4n) is 1.15. The van der Waals surface area contributed by atoms with Crippen molar-refractivity contribution >= 4 is 35.6 Å². The Morgan fingerprint density at radius 1 is 1.35 bits per heavy atom. The zero-order valence-electron chi connectivity index (χ0n) is 10.7. The number of aliphatic imine (C=N–C) groups is 1. The van der Waals surface area contributed by atoms with Crippen LogP contribution in [0.2, 0.25) is 0 Å². The second-order valence-electron chi connectivity index (χ2n) is 3.86. The molecular formula is C12H15F3IN3O. The number of alkyl halides is 3. The zero-order chi connectivity index (χ0) is 14.5. The van der Waals surface area contributed by atoms with Crippen LogP contribution in [0.25, 0.3) is 0 Å². The lowest BCUT2D eigenvalue weighted by Crippen LogP contribution is -2.23. The quantitative estimate of drug-likeness (QED) is 0.352. The van der Waals surface area contributed by atoms with Gasteiger partial charge in [-0.05, 0) is 31.2 Å². The first kappa shape index (κ1) is 18.6. The summed E-state index contributed by atoms with van der Waals surface area (Å²) in [5.41, 5.74) is 6.94. The molecule has 0 aliphatic rings. The SMILES string of the molecule is C=C(C)CN=C(N)Nc1ccc(OC(F)(F)F)cc1.I. The van der Waals surface area contributed by atoms with Crippen molar-refractivity contribution in [2.24, 2.45) is 10.7 Å². The highest BCUT2D eigenvalue weighted by Gasteiger charge is 2.30. The van der Waals surface area contributed by atoms with Crippen molar-refractivity contribution in [3.05, 3.63) is 36.4 Å². The summed E-state index contributed by atoms with van der Waals surface area (Å²) in [6.45, 7) is 5.85. The van der Waals surface area contributed by atoms with Gasteiger partial charge in [0.25, 0.3) is 0 Å². The topological polar surface area (TPSA) is 59.6 Å². The van der Waals surface area contributed by atoms with E-state index in [-0.39, 0.29) is 35.7 Å². The van der Waals surface area contributed by atoms with Crippen LogP contribution in [0.4, 0.5) is 18.9 Å². The van der Waals surface area contributed by atoms with Gasteiger partial charge in [0.05, 0.1) is 6.54 Å². The molecule has 0 fully saturated rings. The van der Waals surface area contributed by atoms with E-state index >= 15 is 0 Å². The van der Waals surface area contributed by atoms with Crippen LogP contribution in [0.1, 0.15) is 6.92 Å². The van der Waals surface area contributed by atoms with Crippen molar-refractivity contribution in [3.8, 4) is 5.75 Å². The average Bonchev–Trinajstić information content (AvgIpc) is 2.27. The lowest BCUT2D eigenvalue weighted by molar-refractivity contribution is -0.274. The summed E-state index contributed by atoms with van der Waals surface area (Å²) in [5.74, 6) is -0.136. The van der Waals surface area contributed by atoms with Crippen LogP contribution in [0, 0.1) is 0 Å². The van der Waals surface area contributed by atoms with Crippen LogP contribution in [0.5, 0.6) is 5.75 Å². The number of anilines is 1. The third-order valence-electron chi connectivity index (χ3n) is 1.88.